The molecule has 1 saturated carbocycles. The Bertz CT molecular complexity index is 124. The number of Topliss-reactive ketones (excluding diaryl/α,β-unsaturated/α-hetero) is 1. The summed E-state index contributed by atoms with van der Waals surface area (Å²) in [6.45, 7) is 1.98. The van der Waals surface area contributed by atoms with Crippen LogP contribution in [0.4, 0.5) is 0 Å². The third kappa shape index (κ3) is 1.19. The molecule has 0 spiro atoms. The average Bonchev–Trinajstić information content (AvgIpc) is 2.42. The molecule has 1 nitrogen and oxygen atoms in total. The first-order valence-corrected chi connectivity index (χ1v) is 2.98. The van der Waals surface area contributed by atoms with Crippen molar-refractivity contribution in [3.05, 3.63) is 12.2 Å². The highest BCUT2D eigenvalue weighted by molar-refractivity contribution is 5.96. The van der Waals surface area contributed by atoms with Crippen LogP contribution in [0.15, 0.2) is 12.2 Å². The van der Waals surface area contributed by atoms with Crippen molar-refractivity contribution in [2.75, 3.05) is 0 Å². The number of rotatable bonds is 2. The van der Waals surface area contributed by atoms with Crippen molar-refractivity contribution in [3.8, 4) is 0 Å². The third-order valence-corrected chi connectivity index (χ3v) is 1.40. The minimum Gasteiger partial charge on any atom is -0.299 e. The van der Waals surface area contributed by atoms with E-state index in [0.29, 0.717) is 11.7 Å². The Morgan fingerprint density at radius 3 is 2.88 bits per heavy atom. The van der Waals surface area contributed by atoms with Gasteiger partial charge in [-0.2, -0.15) is 0 Å². The highest BCUT2D eigenvalue weighted by atomic mass is 16.1. The minimum absolute atomic E-state index is 0.395. The summed E-state index contributed by atoms with van der Waals surface area (Å²) < 4.78 is 0. The number of carbonyl (C=O) groups is 1. The van der Waals surface area contributed by atoms with Crippen LogP contribution < -0.4 is 0 Å². The van der Waals surface area contributed by atoms with Crippen molar-refractivity contribution in [1.82, 2.24) is 0 Å². The van der Waals surface area contributed by atoms with Crippen molar-refractivity contribution < 1.29 is 4.79 Å². The molecule has 0 heterocycles. The third-order valence-electron chi connectivity index (χ3n) is 1.40. The zero-order valence-corrected chi connectivity index (χ0v) is 5.05. The highest BCUT2D eigenvalue weighted by Crippen LogP contribution is 2.27. The van der Waals surface area contributed by atoms with Crippen molar-refractivity contribution in [1.29, 1.82) is 0 Å². The molecule has 1 rings (SSSR count). The maximum Gasteiger partial charge on any atom is 0.137 e. The first kappa shape index (κ1) is 5.54. The van der Waals surface area contributed by atoms with E-state index in [9.17, 15) is 4.79 Å². The number of carbonyl (C=O) groups excluding carboxylic acids is 1. The van der Waals surface area contributed by atoms with Crippen molar-refractivity contribution in [2.45, 2.75) is 19.8 Å². The predicted octanol–water partition coefficient (Wildman–Crippen LogP) is 1.54. The molecular weight excluding hydrogens is 100 g/mol. The fraction of sp³-hybridized carbons (Fsp3) is 0.571. The van der Waals surface area contributed by atoms with Crippen LogP contribution in [0.1, 0.15) is 19.8 Å². The molecule has 0 bridgehead atoms. The van der Waals surface area contributed by atoms with Gasteiger partial charge in [-0.05, 0) is 13.3 Å². The molecule has 0 amide bonds. The summed E-state index contributed by atoms with van der Waals surface area (Å²) in [6.07, 6.45) is 5.83. The van der Waals surface area contributed by atoms with Gasteiger partial charge in [0.15, 0.2) is 0 Å². The molecule has 0 aliphatic heterocycles. The lowest BCUT2D eigenvalue weighted by Gasteiger charge is -1.78. The van der Waals surface area contributed by atoms with Crippen LogP contribution in [0.3, 0.4) is 0 Å². The van der Waals surface area contributed by atoms with E-state index >= 15 is 0 Å². The molecule has 1 aliphatic carbocycles. The summed E-state index contributed by atoms with van der Waals surface area (Å²) in [7, 11) is 0. The molecule has 0 saturated heterocycles. The second-order valence-corrected chi connectivity index (χ2v) is 2.17. The van der Waals surface area contributed by atoms with Crippen molar-refractivity contribution in [2.24, 2.45) is 5.92 Å². The number of hydrogen-bond acceptors (Lipinski definition) is 1. The Balaban J connectivity index is 2.14. The quantitative estimate of drug-likeness (QED) is 0.493. The van der Waals surface area contributed by atoms with E-state index < -0.39 is 0 Å². The van der Waals surface area contributed by atoms with Crippen LogP contribution in [0.25, 0.3) is 0 Å². The molecule has 1 fully saturated rings. The molecule has 1 unspecified atom stereocenters. The second kappa shape index (κ2) is 2.12. The lowest BCUT2D eigenvalue weighted by Crippen LogP contribution is -1.73. The van der Waals surface area contributed by atoms with Gasteiger partial charge >= 0.3 is 0 Å². The smallest absolute Gasteiger partial charge is 0.137 e. The van der Waals surface area contributed by atoms with E-state index in [-0.39, 0.29) is 0 Å². The summed E-state index contributed by atoms with van der Waals surface area (Å²) in [6, 6.07) is 0. The SMILES string of the molecule is C/C=C/CC1CC1=O. The fourth-order valence-electron chi connectivity index (χ4n) is 0.699. The van der Waals surface area contributed by atoms with Gasteiger partial charge in [-0.15, -0.1) is 0 Å². The summed E-state index contributed by atoms with van der Waals surface area (Å²) in [5.74, 6) is 0.828. The summed E-state index contributed by atoms with van der Waals surface area (Å²) >= 11 is 0. The maximum absolute atomic E-state index is 10.4. The van der Waals surface area contributed by atoms with Gasteiger partial charge < -0.3 is 0 Å². The highest BCUT2D eigenvalue weighted by Gasteiger charge is 2.32. The summed E-state index contributed by atoms with van der Waals surface area (Å²) in [4.78, 5) is 10.4. The summed E-state index contributed by atoms with van der Waals surface area (Å²) in [5, 5.41) is 0. The first-order valence-electron chi connectivity index (χ1n) is 2.98. The maximum atomic E-state index is 10.4. The Labute approximate surface area is 49.4 Å². The van der Waals surface area contributed by atoms with Crippen molar-refractivity contribution in [3.63, 3.8) is 0 Å². The van der Waals surface area contributed by atoms with Gasteiger partial charge in [-0.1, -0.05) is 12.2 Å². The Kier molecular flexibility index (Phi) is 1.47. The van der Waals surface area contributed by atoms with Crippen LogP contribution in [0.2, 0.25) is 0 Å². The first-order chi connectivity index (χ1) is 3.84. The van der Waals surface area contributed by atoms with Crippen LogP contribution in [-0.4, -0.2) is 5.78 Å². The largest absolute Gasteiger partial charge is 0.299 e. The van der Waals surface area contributed by atoms with Crippen LogP contribution in [0.5, 0.6) is 0 Å². The molecule has 0 aromatic carbocycles. The lowest BCUT2D eigenvalue weighted by molar-refractivity contribution is -0.111. The molecule has 1 aliphatic rings. The van der Waals surface area contributed by atoms with Gasteiger partial charge in [-0.25, -0.2) is 0 Å². The molecule has 0 aromatic rings. The second-order valence-electron chi connectivity index (χ2n) is 2.17. The van der Waals surface area contributed by atoms with E-state index in [2.05, 4.69) is 6.08 Å². The molecule has 44 valence electrons. The molecule has 8 heavy (non-hydrogen) atoms. The standard InChI is InChI=1S/C7H10O/c1-2-3-4-6-5-7(6)8/h2-3,6H,4-5H2,1H3/b3-2+. The number of hydrogen-bond donors (Lipinski definition) is 0. The molecular formula is C7H10O. The van der Waals surface area contributed by atoms with E-state index in [0.717, 1.165) is 12.8 Å². The Hall–Kier alpha value is -0.590. The topological polar surface area (TPSA) is 17.1 Å². The van der Waals surface area contributed by atoms with Gasteiger partial charge in [0.25, 0.3) is 0 Å². The van der Waals surface area contributed by atoms with Gasteiger partial charge in [0.05, 0.1) is 0 Å². The molecule has 1 atom stereocenters. The molecule has 0 radical (unpaired) electrons. The zero-order chi connectivity index (χ0) is 5.98. The fourth-order valence-corrected chi connectivity index (χ4v) is 0.699. The average molecular weight is 110 g/mol. The van der Waals surface area contributed by atoms with E-state index in [1.54, 1.807) is 0 Å². The van der Waals surface area contributed by atoms with E-state index in [1.165, 1.54) is 0 Å². The van der Waals surface area contributed by atoms with Gasteiger partial charge in [0.1, 0.15) is 5.78 Å². The molecule has 0 aromatic heterocycles. The molecule has 0 N–H and O–H groups in total. The minimum atomic E-state index is 0.395. The van der Waals surface area contributed by atoms with Gasteiger partial charge in [0, 0.05) is 12.3 Å². The van der Waals surface area contributed by atoms with Crippen LogP contribution in [0, 0.1) is 5.92 Å². The Morgan fingerprint density at radius 1 is 1.88 bits per heavy atom. The monoisotopic (exact) mass is 110 g/mol. The number of ketones is 1. The lowest BCUT2D eigenvalue weighted by atomic mass is 10.3. The van der Waals surface area contributed by atoms with E-state index in [1.807, 2.05) is 13.0 Å². The Morgan fingerprint density at radius 2 is 2.50 bits per heavy atom. The predicted molar refractivity (Wildman–Crippen MR) is 32.5 cm³/mol. The van der Waals surface area contributed by atoms with E-state index in [4.69, 9.17) is 0 Å². The van der Waals surface area contributed by atoms with Crippen LogP contribution >= 0.6 is 0 Å². The van der Waals surface area contributed by atoms with Crippen LogP contribution in [-0.2, 0) is 4.79 Å². The molecule has 1 heteroatoms. The summed E-state index contributed by atoms with van der Waals surface area (Å²) in [5.41, 5.74) is 0. The van der Waals surface area contributed by atoms with Gasteiger partial charge in [0.2, 0.25) is 0 Å². The van der Waals surface area contributed by atoms with Gasteiger partial charge in [-0.3, -0.25) is 4.79 Å². The number of allylic oxidation sites excluding steroid dienone is 2. The van der Waals surface area contributed by atoms with Crippen molar-refractivity contribution >= 4 is 5.78 Å². The normalized spacial score (nSPS) is 27.1. The zero-order valence-electron chi connectivity index (χ0n) is 5.05.